The fraction of sp³-hybridized carbons (Fsp3) is 0.588. The summed E-state index contributed by atoms with van der Waals surface area (Å²) in [5.74, 6) is -0.815. The Hall–Kier alpha value is -1.39. The number of hydrogen-bond acceptors (Lipinski definition) is 3. The molecule has 4 heteroatoms. The maximum atomic E-state index is 11.1. The molecule has 1 heterocycles. The Morgan fingerprint density at radius 3 is 2.71 bits per heavy atom. The lowest BCUT2D eigenvalue weighted by molar-refractivity contribution is -0.146. The van der Waals surface area contributed by atoms with E-state index < -0.39 is 5.97 Å². The van der Waals surface area contributed by atoms with Gasteiger partial charge in [0.15, 0.2) is 0 Å². The average molecular weight is 288 g/mol. The van der Waals surface area contributed by atoms with Gasteiger partial charge in [0.25, 0.3) is 0 Å². The van der Waals surface area contributed by atoms with Crippen molar-refractivity contribution in [1.29, 1.82) is 0 Å². The van der Waals surface area contributed by atoms with Crippen LogP contribution in [-0.2, 0) is 11.3 Å². The molecule has 2 fully saturated rings. The zero-order valence-electron chi connectivity index (χ0n) is 12.4. The van der Waals surface area contributed by atoms with E-state index in [1.165, 1.54) is 12.0 Å². The van der Waals surface area contributed by atoms with E-state index >= 15 is 0 Å². The molecule has 1 saturated heterocycles. The Kier molecular flexibility index (Phi) is 4.56. The summed E-state index contributed by atoms with van der Waals surface area (Å²) in [5.41, 5.74) is 1.35. The van der Waals surface area contributed by atoms with Gasteiger partial charge in [0.1, 0.15) is 0 Å². The van der Waals surface area contributed by atoms with Crippen molar-refractivity contribution in [3.05, 3.63) is 35.9 Å². The van der Waals surface area contributed by atoms with Gasteiger partial charge in [-0.3, -0.25) is 9.69 Å². The van der Waals surface area contributed by atoms with Crippen LogP contribution in [0.25, 0.3) is 0 Å². The monoisotopic (exact) mass is 288 g/mol. The van der Waals surface area contributed by atoms with Gasteiger partial charge in [0.2, 0.25) is 0 Å². The van der Waals surface area contributed by atoms with Crippen LogP contribution in [0.5, 0.6) is 0 Å². The number of rotatable bonds is 5. The second-order valence-corrected chi connectivity index (χ2v) is 6.36. The molecule has 0 spiro atoms. The Labute approximate surface area is 126 Å². The molecule has 3 unspecified atom stereocenters. The fourth-order valence-electron chi connectivity index (χ4n) is 3.47. The van der Waals surface area contributed by atoms with Crippen LogP contribution in [0.3, 0.4) is 0 Å². The Morgan fingerprint density at radius 1 is 1.24 bits per heavy atom. The van der Waals surface area contributed by atoms with Gasteiger partial charge >= 0.3 is 5.97 Å². The van der Waals surface area contributed by atoms with Crippen LogP contribution >= 0.6 is 0 Å². The minimum atomic E-state index is -0.643. The predicted octanol–water partition coefficient (Wildman–Crippen LogP) is 2.10. The van der Waals surface area contributed by atoms with E-state index in [9.17, 15) is 4.79 Å². The Bertz CT molecular complexity index is 477. The molecule has 2 aliphatic rings. The Morgan fingerprint density at radius 2 is 2.05 bits per heavy atom. The molecule has 3 rings (SSSR count). The summed E-state index contributed by atoms with van der Waals surface area (Å²) in [6, 6.07) is 11.2. The van der Waals surface area contributed by atoms with Gasteiger partial charge in [0.05, 0.1) is 5.92 Å². The van der Waals surface area contributed by atoms with E-state index in [-0.39, 0.29) is 12.0 Å². The van der Waals surface area contributed by atoms with Crippen LogP contribution in [0.1, 0.15) is 31.2 Å². The number of benzene rings is 1. The second kappa shape index (κ2) is 6.58. The molecule has 1 aromatic carbocycles. The standard InChI is InChI=1S/C17H24N2O2/c20-17(21)15-8-9-16(15)18-14-7-4-10-19(12-14)11-13-5-2-1-3-6-13/h1-3,5-6,14-16,18H,4,7-12H2,(H,20,21). The number of nitrogens with one attached hydrogen (secondary N) is 1. The van der Waals surface area contributed by atoms with Crippen molar-refractivity contribution in [2.45, 2.75) is 44.3 Å². The lowest BCUT2D eigenvalue weighted by Crippen LogP contribution is -2.55. The number of likely N-dealkylation sites (tertiary alicyclic amines) is 1. The summed E-state index contributed by atoms with van der Waals surface area (Å²) in [6.45, 7) is 3.16. The highest BCUT2D eigenvalue weighted by molar-refractivity contribution is 5.72. The first-order valence-corrected chi connectivity index (χ1v) is 7.97. The average Bonchev–Trinajstić information content (AvgIpc) is 2.44. The zero-order valence-corrected chi connectivity index (χ0v) is 12.4. The maximum Gasteiger partial charge on any atom is 0.308 e. The lowest BCUT2D eigenvalue weighted by atomic mass is 9.79. The summed E-state index contributed by atoms with van der Waals surface area (Å²) in [6.07, 6.45) is 4.18. The van der Waals surface area contributed by atoms with Gasteiger partial charge in [-0.2, -0.15) is 0 Å². The number of hydrogen-bond donors (Lipinski definition) is 2. The molecule has 0 bridgehead atoms. The van der Waals surface area contributed by atoms with E-state index in [2.05, 4.69) is 34.5 Å². The number of carbonyl (C=O) groups is 1. The van der Waals surface area contributed by atoms with Gasteiger partial charge in [-0.25, -0.2) is 0 Å². The van der Waals surface area contributed by atoms with Crippen LogP contribution in [0.4, 0.5) is 0 Å². The minimum absolute atomic E-state index is 0.172. The van der Waals surface area contributed by atoms with Crippen LogP contribution < -0.4 is 5.32 Å². The van der Waals surface area contributed by atoms with Gasteiger partial charge in [-0.1, -0.05) is 30.3 Å². The van der Waals surface area contributed by atoms with Crippen molar-refractivity contribution in [2.75, 3.05) is 13.1 Å². The first kappa shape index (κ1) is 14.5. The number of aliphatic carboxylic acids is 1. The smallest absolute Gasteiger partial charge is 0.308 e. The number of piperidine rings is 1. The molecule has 0 amide bonds. The molecule has 1 saturated carbocycles. The zero-order chi connectivity index (χ0) is 14.7. The predicted molar refractivity (Wildman–Crippen MR) is 82.0 cm³/mol. The molecule has 0 radical (unpaired) electrons. The van der Waals surface area contributed by atoms with Crippen molar-refractivity contribution in [3.8, 4) is 0 Å². The highest BCUT2D eigenvalue weighted by atomic mass is 16.4. The van der Waals surface area contributed by atoms with Crippen LogP contribution in [0, 0.1) is 5.92 Å². The van der Waals surface area contributed by atoms with Gasteiger partial charge in [-0.05, 0) is 37.8 Å². The van der Waals surface area contributed by atoms with Crippen molar-refractivity contribution >= 4 is 5.97 Å². The molecule has 0 aromatic heterocycles. The molecular formula is C17H24N2O2. The van der Waals surface area contributed by atoms with E-state index in [0.29, 0.717) is 6.04 Å². The molecule has 114 valence electrons. The molecule has 21 heavy (non-hydrogen) atoms. The third kappa shape index (κ3) is 3.63. The van der Waals surface area contributed by atoms with E-state index in [1.54, 1.807) is 0 Å². The number of nitrogens with zero attached hydrogens (tertiary/aromatic N) is 1. The topological polar surface area (TPSA) is 52.6 Å². The molecule has 1 aliphatic carbocycles. The van der Waals surface area contributed by atoms with Gasteiger partial charge in [-0.15, -0.1) is 0 Å². The molecule has 2 N–H and O–H groups in total. The Balaban J connectivity index is 1.50. The highest BCUT2D eigenvalue weighted by Gasteiger charge is 2.38. The number of carboxylic acids is 1. The van der Waals surface area contributed by atoms with Crippen molar-refractivity contribution in [3.63, 3.8) is 0 Å². The third-order valence-electron chi connectivity index (χ3n) is 4.80. The largest absolute Gasteiger partial charge is 0.481 e. The normalized spacial score (nSPS) is 29.8. The van der Waals surface area contributed by atoms with Crippen LogP contribution in [0.2, 0.25) is 0 Å². The summed E-state index contributed by atoms with van der Waals surface area (Å²) < 4.78 is 0. The highest BCUT2D eigenvalue weighted by Crippen LogP contribution is 2.29. The second-order valence-electron chi connectivity index (χ2n) is 6.36. The summed E-state index contributed by atoms with van der Waals surface area (Å²) in [4.78, 5) is 13.6. The maximum absolute atomic E-state index is 11.1. The van der Waals surface area contributed by atoms with Crippen molar-refractivity contribution in [2.24, 2.45) is 5.92 Å². The molecule has 1 aromatic rings. The van der Waals surface area contributed by atoms with E-state index in [4.69, 9.17) is 5.11 Å². The van der Waals surface area contributed by atoms with Crippen molar-refractivity contribution < 1.29 is 9.90 Å². The molecule has 3 atom stereocenters. The summed E-state index contributed by atoms with van der Waals surface area (Å²) >= 11 is 0. The first-order chi connectivity index (χ1) is 10.2. The molecule has 1 aliphatic heterocycles. The van der Waals surface area contributed by atoms with Crippen molar-refractivity contribution in [1.82, 2.24) is 10.2 Å². The molecular weight excluding hydrogens is 264 g/mol. The van der Waals surface area contributed by atoms with Gasteiger partial charge < -0.3 is 10.4 Å². The quantitative estimate of drug-likeness (QED) is 0.871. The minimum Gasteiger partial charge on any atom is -0.481 e. The lowest BCUT2D eigenvalue weighted by Gasteiger charge is -2.40. The summed E-state index contributed by atoms with van der Waals surface area (Å²) in [5, 5.41) is 12.7. The van der Waals surface area contributed by atoms with E-state index in [0.717, 1.165) is 38.9 Å². The summed E-state index contributed by atoms with van der Waals surface area (Å²) in [7, 11) is 0. The number of carboxylic acid groups (broad SMARTS) is 1. The van der Waals surface area contributed by atoms with Crippen LogP contribution in [-0.4, -0.2) is 41.1 Å². The van der Waals surface area contributed by atoms with Gasteiger partial charge in [0, 0.05) is 25.2 Å². The SMILES string of the molecule is O=C(O)C1CCC1NC1CCCN(Cc2ccccc2)C1. The van der Waals surface area contributed by atoms with E-state index in [1.807, 2.05) is 6.07 Å². The van der Waals surface area contributed by atoms with Crippen LogP contribution in [0.15, 0.2) is 30.3 Å². The third-order valence-corrected chi connectivity index (χ3v) is 4.80. The first-order valence-electron chi connectivity index (χ1n) is 7.97. The molecule has 4 nitrogen and oxygen atoms in total. The fourth-order valence-corrected chi connectivity index (χ4v) is 3.47.